The summed E-state index contributed by atoms with van der Waals surface area (Å²) < 4.78 is 7.58. The molecule has 20 heavy (non-hydrogen) atoms. The fourth-order valence-electron chi connectivity index (χ4n) is 1.96. The van der Waals surface area contributed by atoms with Crippen LogP contribution in [-0.4, -0.2) is 15.0 Å². The molecule has 1 aromatic heterocycles. The average molecular weight is 270 g/mol. The van der Waals surface area contributed by atoms with E-state index in [0.717, 1.165) is 35.5 Å². The fourth-order valence-corrected chi connectivity index (χ4v) is 1.96. The van der Waals surface area contributed by atoms with E-state index in [0.29, 0.717) is 12.3 Å². The van der Waals surface area contributed by atoms with E-state index in [1.54, 1.807) is 4.68 Å². The molecule has 1 heterocycles. The van der Waals surface area contributed by atoms with Gasteiger partial charge in [0.15, 0.2) is 5.69 Å². The summed E-state index contributed by atoms with van der Waals surface area (Å²) in [7, 11) is 0. The molecule has 0 aliphatic carbocycles. The van der Waals surface area contributed by atoms with Gasteiger partial charge in [-0.05, 0) is 37.5 Å². The molecule has 0 amide bonds. The van der Waals surface area contributed by atoms with Gasteiger partial charge >= 0.3 is 0 Å². The van der Waals surface area contributed by atoms with E-state index in [9.17, 15) is 0 Å². The van der Waals surface area contributed by atoms with E-state index >= 15 is 0 Å². The summed E-state index contributed by atoms with van der Waals surface area (Å²) in [5.74, 6) is 0.832. The quantitative estimate of drug-likeness (QED) is 0.838. The molecule has 0 saturated heterocycles. The molecule has 2 rings (SSSR count). The smallest absolute Gasteiger partial charge is 0.189 e. The molecule has 2 aromatic rings. The number of hydrogen-bond donors (Lipinski definition) is 0. The molecule has 5 heteroatoms. The zero-order chi connectivity index (χ0) is 14.5. The minimum atomic E-state index is 0.306. The second-order valence-corrected chi connectivity index (χ2v) is 4.78. The normalized spacial score (nSPS) is 10.3. The number of aryl methyl sites for hydroxylation is 3. The summed E-state index contributed by atoms with van der Waals surface area (Å²) in [5, 5.41) is 16.9. The number of nitriles is 1. The van der Waals surface area contributed by atoms with Gasteiger partial charge in [0.2, 0.25) is 0 Å². The van der Waals surface area contributed by atoms with E-state index in [1.807, 2.05) is 32.0 Å². The SMILES string of the molecule is CCCn1nnc(C#N)c1COc1cc(C)ccc1C. The van der Waals surface area contributed by atoms with Gasteiger partial charge in [-0.2, -0.15) is 5.26 Å². The van der Waals surface area contributed by atoms with Crippen molar-refractivity contribution in [3.8, 4) is 11.8 Å². The Hall–Kier alpha value is -2.35. The fraction of sp³-hybridized carbons (Fsp3) is 0.400. The summed E-state index contributed by atoms with van der Waals surface area (Å²) in [6, 6.07) is 8.13. The van der Waals surface area contributed by atoms with Crippen LogP contribution in [0.3, 0.4) is 0 Å². The molecule has 1 aromatic carbocycles. The molecule has 0 bridgehead atoms. The molecule has 0 atom stereocenters. The van der Waals surface area contributed by atoms with Gasteiger partial charge in [-0.3, -0.25) is 0 Å². The predicted molar refractivity (Wildman–Crippen MR) is 75.3 cm³/mol. The molecule has 0 aliphatic heterocycles. The van der Waals surface area contributed by atoms with Crippen LogP contribution < -0.4 is 4.74 Å². The third-order valence-electron chi connectivity index (χ3n) is 3.09. The van der Waals surface area contributed by atoms with Crippen LogP contribution >= 0.6 is 0 Å². The van der Waals surface area contributed by atoms with Crippen LogP contribution in [0, 0.1) is 25.2 Å². The first kappa shape index (κ1) is 14.1. The first-order valence-electron chi connectivity index (χ1n) is 6.68. The second kappa shape index (κ2) is 6.20. The molecule has 5 nitrogen and oxygen atoms in total. The topological polar surface area (TPSA) is 63.7 Å². The number of aromatic nitrogens is 3. The van der Waals surface area contributed by atoms with Gasteiger partial charge in [0.25, 0.3) is 0 Å². The van der Waals surface area contributed by atoms with E-state index in [1.165, 1.54) is 0 Å². The monoisotopic (exact) mass is 270 g/mol. The van der Waals surface area contributed by atoms with Crippen molar-refractivity contribution in [3.63, 3.8) is 0 Å². The molecule has 0 saturated carbocycles. The van der Waals surface area contributed by atoms with Gasteiger partial charge in [-0.25, -0.2) is 4.68 Å². The molecule has 0 fully saturated rings. The van der Waals surface area contributed by atoms with Crippen molar-refractivity contribution in [2.45, 2.75) is 40.3 Å². The van der Waals surface area contributed by atoms with Gasteiger partial charge in [0.05, 0.1) is 0 Å². The molecule has 0 unspecified atom stereocenters. The van der Waals surface area contributed by atoms with Crippen LogP contribution in [0.5, 0.6) is 5.75 Å². The first-order chi connectivity index (χ1) is 9.65. The number of rotatable bonds is 5. The third-order valence-corrected chi connectivity index (χ3v) is 3.09. The molecule has 0 aliphatic rings. The summed E-state index contributed by atoms with van der Waals surface area (Å²) in [6.07, 6.45) is 0.935. The highest BCUT2D eigenvalue weighted by atomic mass is 16.5. The number of hydrogen-bond acceptors (Lipinski definition) is 4. The van der Waals surface area contributed by atoms with Crippen LogP contribution in [0.15, 0.2) is 18.2 Å². The van der Waals surface area contributed by atoms with Gasteiger partial charge in [-0.15, -0.1) is 5.10 Å². The van der Waals surface area contributed by atoms with Gasteiger partial charge < -0.3 is 4.74 Å². The van der Waals surface area contributed by atoms with Crippen molar-refractivity contribution in [3.05, 3.63) is 40.7 Å². The number of benzene rings is 1. The lowest BCUT2D eigenvalue weighted by atomic mass is 10.1. The first-order valence-corrected chi connectivity index (χ1v) is 6.68. The zero-order valence-electron chi connectivity index (χ0n) is 12.1. The Morgan fingerprint density at radius 3 is 2.85 bits per heavy atom. The minimum absolute atomic E-state index is 0.306. The van der Waals surface area contributed by atoms with Crippen LogP contribution in [0.2, 0.25) is 0 Å². The Kier molecular flexibility index (Phi) is 4.36. The predicted octanol–water partition coefficient (Wildman–Crippen LogP) is 2.76. The average Bonchev–Trinajstić information content (AvgIpc) is 2.82. The summed E-state index contributed by atoms with van der Waals surface area (Å²) >= 11 is 0. The summed E-state index contributed by atoms with van der Waals surface area (Å²) in [4.78, 5) is 0. The lowest BCUT2D eigenvalue weighted by Gasteiger charge is -2.11. The molecule has 104 valence electrons. The maximum atomic E-state index is 9.07. The maximum Gasteiger partial charge on any atom is 0.189 e. The molecule has 0 spiro atoms. The van der Waals surface area contributed by atoms with Crippen LogP contribution in [0.25, 0.3) is 0 Å². The summed E-state index contributed by atoms with van der Waals surface area (Å²) in [6.45, 7) is 7.13. The van der Waals surface area contributed by atoms with E-state index in [-0.39, 0.29) is 0 Å². The van der Waals surface area contributed by atoms with Crippen LogP contribution in [0.1, 0.15) is 35.9 Å². The van der Waals surface area contributed by atoms with Crippen molar-refractivity contribution in [2.75, 3.05) is 0 Å². The second-order valence-electron chi connectivity index (χ2n) is 4.78. The summed E-state index contributed by atoms with van der Waals surface area (Å²) in [5.41, 5.74) is 3.29. The minimum Gasteiger partial charge on any atom is -0.487 e. The Balaban J connectivity index is 2.20. The Bertz CT molecular complexity index is 640. The van der Waals surface area contributed by atoms with Crippen LogP contribution in [-0.2, 0) is 13.2 Å². The van der Waals surface area contributed by atoms with Crippen molar-refractivity contribution in [2.24, 2.45) is 0 Å². The highest BCUT2D eigenvalue weighted by molar-refractivity contribution is 5.36. The van der Waals surface area contributed by atoms with Gasteiger partial charge in [0, 0.05) is 6.54 Å². The Labute approximate surface area is 118 Å². The van der Waals surface area contributed by atoms with Crippen molar-refractivity contribution < 1.29 is 4.74 Å². The van der Waals surface area contributed by atoms with Crippen molar-refractivity contribution in [1.82, 2.24) is 15.0 Å². The number of nitrogens with zero attached hydrogens (tertiary/aromatic N) is 4. The van der Waals surface area contributed by atoms with Crippen LogP contribution in [0.4, 0.5) is 0 Å². The Morgan fingerprint density at radius 1 is 1.35 bits per heavy atom. The molecular weight excluding hydrogens is 252 g/mol. The zero-order valence-corrected chi connectivity index (χ0v) is 12.1. The largest absolute Gasteiger partial charge is 0.487 e. The molecule has 0 N–H and O–H groups in total. The lowest BCUT2D eigenvalue weighted by Crippen LogP contribution is -2.09. The molecular formula is C15H18N4O. The lowest BCUT2D eigenvalue weighted by molar-refractivity contribution is 0.289. The van der Waals surface area contributed by atoms with E-state index in [4.69, 9.17) is 10.00 Å². The van der Waals surface area contributed by atoms with Crippen molar-refractivity contribution >= 4 is 0 Å². The van der Waals surface area contributed by atoms with Gasteiger partial charge in [-0.1, -0.05) is 24.3 Å². The maximum absolute atomic E-state index is 9.07. The Morgan fingerprint density at radius 2 is 2.15 bits per heavy atom. The standard InChI is InChI=1S/C15H18N4O/c1-4-7-19-14(13(9-16)17-18-19)10-20-15-8-11(2)5-6-12(15)3/h5-6,8H,4,7,10H2,1-3H3. The van der Waals surface area contributed by atoms with Gasteiger partial charge in [0.1, 0.15) is 24.1 Å². The highest BCUT2D eigenvalue weighted by Crippen LogP contribution is 2.20. The molecule has 0 radical (unpaired) electrons. The van der Waals surface area contributed by atoms with Crippen molar-refractivity contribution in [1.29, 1.82) is 5.26 Å². The van der Waals surface area contributed by atoms with E-state index in [2.05, 4.69) is 23.3 Å². The number of ether oxygens (including phenoxy) is 1. The van der Waals surface area contributed by atoms with E-state index < -0.39 is 0 Å². The third kappa shape index (κ3) is 2.97. The highest BCUT2D eigenvalue weighted by Gasteiger charge is 2.13.